The quantitative estimate of drug-likeness (QED) is 0.384. The molecular weight excluding hydrogens is 487 g/mol. The van der Waals surface area contributed by atoms with E-state index in [0.717, 1.165) is 33.6 Å². The molecule has 3 aromatic carbocycles. The molecule has 2 heterocycles. The number of aryl methyl sites for hydroxylation is 1. The minimum atomic E-state index is -4.59. The number of thioether (sulfide) groups is 1. The number of para-hydroxylation sites is 1. The Morgan fingerprint density at radius 2 is 1.75 bits per heavy atom. The van der Waals surface area contributed by atoms with E-state index in [1.165, 1.54) is 28.8 Å². The average Bonchev–Trinajstić information content (AvgIpc) is 3.05. The minimum absolute atomic E-state index is 0.0180. The van der Waals surface area contributed by atoms with E-state index in [9.17, 15) is 22.8 Å². The number of rotatable bonds is 4. The number of nitrogens with one attached hydrogen (secondary N) is 1. The highest BCUT2D eigenvalue weighted by Crippen LogP contribution is 2.44. The van der Waals surface area contributed by atoms with Crippen molar-refractivity contribution in [1.82, 2.24) is 9.88 Å². The van der Waals surface area contributed by atoms with Crippen LogP contribution in [0.1, 0.15) is 22.7 Å². The first-order valence-electron chi connectivity index (χ1n) is 11.3. The van der Waals surface area contributed by atoms with Crippen LogP contribution in [0.4, 0.5) is 18.9 Å². The van der Waals surface area contributed by atoms with Gasteiger partial charge in [-0.05, 0) is 29.8 Å². The molecule has 36 heavy (non-hydrogen) atoms. The number of hydrogen-bond acceptors (Lipinski definition) is 3. The van der Waals surface area contributed by atoms with Crippen LogP contribution in [0.5, 0.6) is 0 Å². The maximum atomic E-state index is 13.8. The van der Waals surface area contributed by atoms with E-state index in [1.54, 1.807) is 0 Å². The second-order valence-corrected chi connectivity index (χ2v) is 9.47. The van der Waals surface area contributed by atoms with Crippen molar-refractivity contribution < 1.29 is 22.8 Å². The van der Waals surface area contributed by atoms with Gasteiger partial charge in [0.1, 0.15) is 6.04 Å². The molecule has 4 aromatic rings. The zero-order valence-electron chi connectivity index (χ0n) is 19.3. The first-order valence-corrected chi connectivity index (χ1v) is 12.3. The molecule has 1 N–H and O–H groups in total. The predicted octanol–water partition coefficient (Wildman–Crippen LogP) is 5.69. The van der Waals surface area contributed by atoms with Gasteiger partial charge in [-0.25, -0.2) is 0 Å². The molecule has 5 nitrogen and oxygen atoms in total. The highest BCUT2D eigenvalue weighted by Gasteiger charge is 2.40. The Hall–Kier alpha value is -3.72. The lowest BCUT2D eigenvalue weighted by Crippen LogP contribution is -2.44. The molecule has 0 bridgehead atoms. The molecule has 2 amide bonds. The van der Waals surface area contributed by atoms with Crippen LogP contribution in [0.2, 0.25) is 0 Å². The van der Waals surface area contributed by atoms with Gasteiger partial charge in [0, 0.05) is 35.7 Å². The van der Waals surface area contributed by atoms with Crippen molar-refractivity contribution in [3.05, 3.63) is 95.6 Å². The molecule has 0 saturated carbocycles. The summed E-state index contributed by atoms with van der Waals surface area (Å²) < 4.78 is 42.5. The molecule has 0 aliphatic carbocycles. The number of hydrogen-bond donors (Lipinski definition) is 1. The van der Waals surface area contributed by atoms with Crippen molar-refractivity contribution in [2.75, 3.05) is 10.7 Å². The van der Waals surface area contributed by atoms with Crippen LogP contribution in [-0.2, 0) is 29.4 Å². The van der Waals surface area contributed by atoms with E-state index in [2.05, 4.69) is 5.32 Å². The first kappa shape index (κ1) is 24.0. The van der Waals surface area contributed by atoms with E-state index in [4.69, 9.17) is 0 Å². The smallest absolute Gasteiger partial charge is 0.350 e. The van der Waals surface area contributed by atoms with E-state index >= 15 is 0 Å². The average molecular weight is 510 g/mol. The van der Waals surface area contributed by atoms with Gasteiger partial charge in [-0.15, -0.1) is 0 Å². The molecule has 1 atom stereocenters. The standard InChI is InChI=1S/C27H22F3N3O2S/c1-32-21-13-6-5-12-20(21)23-24(25(35)31-15-17-8-3-2-4-9-17)33(22(34)16-36-26(23)32)19-11-7-10-18(14-19)27(28,29)30/h2-14,24H,15-16H2,1H3,(H,31,35)/t24-/m1/s1. The third-order valence-electron chi connectivity index (χ3n) is 6.23. The van der Waals surface area contributed by atoms with Crippen LogP contribution >= 0.6 is 11.8 Å². The van der Waals surface area contributed by atoms with Gasteiger partial charge in [0.25, 0.3) is 0 Å². The van der Waals surface area contributed by atoms with Crippen LogP contribution < -0.4 is 10.2 Å². The zero-order valence-corrected chi connectivity index (χ0v) is 20.1. The molecule has 9 heteroatoms. The van der Waals surface area contributed by atoms with Crippen molar-refractivity contribution in [3.8, 4) is 0 Å². The summed E-state index contributed by atoms with van der Waals surface area (Å²) in [7, 11) is 1.86. The molecule has 184 valence electrons. The van der Waals surface area contributed by atoms with Crippen LogP contribution in [0.25, 0.3) is 10.9 Å². The molecule has 1 aromatic heterocycles. The number of fused-ring (bicyclic) bond motifs is 3. The van der Waals surface area contributed by atoms with E-state index in [1.807, 2.05) is 66.2 Å². The second kappa shape index (κ2) is 9.39. The van der Waals surface area contributed by atoms with Crippen LogP contribution in [0.3, 0.4) is 0 Å². The molecular formula is C27H22F3N3O2S. The largest absolute Gasteiger partial charge is 0.416 e. The monoisotopic (exact) mass is 509 g/mol. The summed E-state index contributed by atoms with van der Waals surface area (Å²) in [5, 5.41) is 4.41. The highest BCUT2D eigenvalue weighted by molar-refractivity contribution is 8.00. The zero-order chi connectivity index (χ0) is 25.4. The Morgan fingerprint density at radius 1 is 1.03 bits per heavy atom. The van der Waals surface area contributed by atoms with E-state index < -0.39 is 29.6 Å². The lowest BCUT2D eigenvalue weighted by Gasteiger charge is -2.30. The topological polar surface area (TPSA) is 54.3 Å². The molecule has 0 fully saturated rings. The first-order chi connectivity index (χ1) is 17.3. The third-order valence-corrected chi connectivity index (χ3v) is 7.39. The fourth-order valence-corrected chi connectivity index (χ4v) is 5.63. The van der Waals surface area contributed by atoms with E-state index in [0.29, 0.717) is 5.56 Å². The van der Waals surface area contributed by atoms with Gasteiger partial charge in [-0.1, -0.05) is 66.4 Å². The maximum absolute atomic E-state index is 13.8. The number of anilines is 1. The number of carbonyl (C=O) groups excluding carboxylic acids is 2. The van der Waals surface area contributed by atoms with Crippen LogP contribution in [0.15, 0.2) is 83.9 Å². The number of carbonyl (C=O) groups is 2. The van der Waals surface area contributed by atoms with Crippen molar-refractivity contribution in [3.63, 3.8) is 0 Å². The van der Waals surface area contributed by atoms with Gasteiger partial charge < -0.3 is 9.88 Å². The number of alkyl halides is 3. The minimum Gasteiger partial charge on any atom is -0.350 e. The van der Waals surface area contributed by atoms with Crippen LogP contribution in [-0.4, -0.2) is 22.1 Å². The van der Waals surface area contributed by atoms with Gasteiger partial charge in [0.15, 0.2) is 0 Å². The Balaban J connectivity index is 1.67. The molecule has 0 unspecified atom stereocenters. The second-order valence-electron chi connectivity index (χ2n) is 8.50. The summed E-state index contributed by atoms with van der Waals surface area (Å²) in [4.78, 5) is 28.4. The fraction of sp³-hybridized carbons (Fsp3) is 0.185. The number of amides is 2. The number of halogens is 3. The molecule has 5 rings (SSSR count). The predicted molar refractivity (Wildman–Crippen MR) is 134 cm³/mol. The number of aromatic nitrogens is 1. The summed E-state index contributed by atoms with van der Waals surface area (Å²) in [5.74, 6) is -0.931. The maximum Gasteiger partial charge on any atom is 0.416 e. The summed E-state index contributed by atoms with van der Waals surface area (Å²) in [6.07, 6.45) is -4.59. The Bertz CT molecular complexity index is 1450. The van der Waals surface area contributed by atoms with Crippen molar-refractivity contribution in [1.29, 1.82) is 0 Å². The van der Waals surface area contributed by atoms with Crippen molar-refractivity contribution in [2.24, 2.45) is 7.05 Å². The normalized spacial score (nSPS) is 16.1. The number of benzene rings is 3. The van der Waals surface area contributed by atoms with Gasteiger partial charge in [0.2, 0.25) is 11.8 Å². The van der Waals surface area contributed by atoms with Gasteiger partial charge >= 0.3 is 6.18 Å². The Labute approximate surface area is 209 Å². The summed E-state index contributed by atoms with van der Waals surface area (Å²) in [6, 6.07) is 20.2. The summed E-state index contributed by atoms with van der Waals surface area (Å²) in [6.45, 7) is 0.216. The van der Waals surface area contributed by atoms with Crippen LogP contribution in [0, 0.1) is 0 Å². The Kier molecular flexibility index (Phi) is 6.26. The highest BCUT2D eigenvalue weighted by atomic mass is 32.2. The van der Waals surface area contributed by atoms with Crippen molar-refractivity contribution >= 4 is 40.2 Å². The van der Waals surface area contributed by atoms with E-state index in [-0.39, 0.29) is 18.0 Å². The molecule has 0 saturated heterocycles. The third kappa shape index (κ3) is 4.35. The molecule has 1 aliphatic rings. The molecule has 0 spiro atoms. The van der Waals surface area contributed by atoms with Gasteiger partial charge in [-0.2, -0.15) is 13.2 Å². The summed E-state index contributed by atoms with van der Waals surface area (Å²) in [5.41, 5.74) is 1.48. The van der Waals surface area contributed by atoms with Gasteiger partial charge in [-0.3, -0.25) is 14.5 Å². The van der Waals surface area contributed by atoms with Gasteiger partial charge in [0.05, 0.1) is 16.3 Å². The lowest BCUT2D eigenvalue weighted by atomic mass is 10.0. The fourth-order valence-electron chi connectivity index (χ4n) is 4.57. The lowest BCUT2D eigenvalue weighted by molar-refractivity contribution is -0.137. The SMILES string of the molecule is Cn1c2c(c3ccccc31)[C@H](C(=O)NCc1ccccc1)N(c1cccc(C(F)(F)F)c1)C(=O)CS2. The number of nitrogens with zero attached hydrogens (tertiary/aromatic N) is 2. The molecule has 0 radical (unpaired) electrons. The molecule has 1 aliphatic heterocycles. The van der Waals surface area contributed by atoms with Crippen molar-refractivity contribution in [2.45, 2.75) is 23.8 Å². The Morgan fingerprint density at radius 3 is 2.50 bits per heavy atom. The summed E-state index contributed by atoms with van der Waals surface area (Å²) >= 11 is 1.28.